The fraction of sp³-hybridized carbons (Fsp3) is 0.357. The van der Waals surface area contributed by atoms with Gasteiger partial charge in [0.25, 0.3) is 5.91 Å². The summed E-state index contributed by atoms with van der Waals surface area (Å²) in [4.78, 5) is 26.2. The van der Waals surface area contributed by atoms with Crippen molar-refractivity contribution in [2.24, 2.45) is 0 Å². The van der Waals surface area contributed by atoms with Gasteiger partial charge in [0.1, 0.15) is 11.6 Å². The lowest BCUT2D eigenvalue weighted by Gasteiger charge is -2.22. The number of hydrogen-bond acceptors (Lipinski definition) is 5. The lowest BCUT2D eigenvalue weighted by atomic mass is 10.0. The lowest BCUT2D eigenvalue weighted by molar-refractivity contribution is -0.117. The van der Waals surface area contributed by atoms with Crippen LogP contribution >= 0.6 is 22.6 Å². The molecule has 0 spiro atoms. The Bertz CT molecular complexity index is 1500. The number of carbonyl (C=O) groups excluding carboxylic acids is 2. The van der Waals surface area contributed by atoms with Gasteiger partial charge in [-0.3, -0.25) is 14.3 Å². The van der Waals surface area contributed by atoms with E-state index in [1.165, 1.54) is 37.4 Å². The van der Waals surface area contributed by atoms with Crippen LogP contribution in [0, 0.1) is 15.2 Å². The minimum atomic E-state index is -3.75. The van der Waals surface area contributed by atoms with Gasteiger partial charge in [0.05, 0.1) is 21.7 Å². The molecule has 0 aliphatic heterocycles. The third kappa shape index (κ3) is 7.00. The van der Waals surface area contributed by atoms with Crippen LogP contribution in [-0.2, 0) is 26.0 Å². The van der Waals surface area contributed by atoms with Gasteiger partial charge in [0.2, 0.25) is 16.4 Å². The molecule has 0 bridgehead atoms. The fourth-order valence-corrected chi connectivity index (χ4v) is 5.74. The molecule has 2 aromatic carbocycles. The number of benzene rings is 2. The Morgan fingerprint density at radius 3 is 2.48 bits per heavy atom. The zero-order valence-corrected chi connectivity index (χ0v) is 25.3. The van der Waals surface area contributed by atoms with Gasteiger partial charge in [-0.1, -0.05) is 17.7 Å². The van der Waals surface area contributed by atoms with Crippen LogP contribution in [0.5, 0.6) is 0 Å². The number of hydrogen-bond donors (Lipinski definition) is 3. The van der Waals surface area contributed by atoms with Crippen molar-refractivity contribution in [2.75, 3.05) is 17.1 Å². The molecule has 2 aliphatic rings. The summed E-state index contributed by atoms with van der Waals surface area (Å²) in [7, 11) is -2.31. The molecule has 0 atom stereocenters. The minimum absolute atomic E-state index is 0.00418. The van der Waals surface area contributed by atoms with Gasteiger partial charge in [-0.15, -0.1) is 0 Å². The van der Waals surface area contributed by atoms with Gasteiger partial charge < -0.3 is 15.5 Å². The maximum Gasteiger partial charge on any atom is 0.255 e. The summed E-state index contributed by atoms with van der Waals surface area (Å²) in [6.07, 6.45) is 4.75. The van der Waals surface area contributed by atoms with Gasteiger partial charge in [-0.2, -0.15) is 0 Å². The van der Waals surface area contributed by atoms with E-state index in [9.17, 15) is 22.4 Å². The molecule has 12 heteroatoms. The molecule has 2 aromatic rings. The molecule has 3 N–H and O–H groups in total. The summed E-state index contributed by atoms with van der Waals surface area (Å²) >= 11 is 1.98. The minimum Gasteiger partial charge on any atom is -0.349 e. The summed E-state index contributed by atoms with van der Waals surface area (Å²) in [5.41, 5.74) is 0.769. The van der Waals surface area contributed by atoms with Crippen molar-refractivity contribution < 1.29 is 26.8 Å². The molecule has 2 fully saturated rings. The quantitative estimate of drug-likeness (QED) is 0.126. The van der Waals surface area contributed by atoms with Crippen LogP contribution in [0.25, 0.3) is 0 Å². The zero-order valence-electron chi connectivity index (χ0n) is 22.4. The number of carbonyl (C=O) groups is 2. The molecule has 0 aromatic heterocycles. The Hall–Kier alpha value is -3.00. The summed E-state index contributed by atoms with van der Waals surface area (Å²) in [6.45, 7) is 3.31. The number of amides is 2. The first-order chi connectivity index (χ1) is 18.8. The molecule has 0 radical (unpaired) electrons. The molecule has 2 aliphatic carbocycles. The first kappa shape index (κ1) is 30.0. The SMILES string of the molecule is C/C(=C\C(C(=O)NC1CC1)=C(\Nc1ccc(I)cc1F)N(C)C=O)Cc1cccc(NS(=O)(=O)C2(C)CC2)c1F. The summed E-state index contributed by atoms with van der Waals surface area (Å²) in [5.74, 6) is -1.69. The Morgan fingerprint density at radius 1 is 1.18 bits per heavy atom. The van der Waals surface area contributed by atoms with Crippen LogP contribution in [0.1, 0.15) is 45.1 Å². The first-order valence-electron chi connectivity index (χ1n) is 12.8. The Labute approximate surface area is 246 Å². The van der Waals surface area contributed by atoms with Crippen molar-refractivity contribution in [1.82, 2.24) is 10.2 Å². The molecule has 0 heterocycles. The van der Waals surface area contributed by atoms with Crippen molar-refractivity contribution in [1.29, 1.82) is 0 Å². The third-order valence-electron chi connectivity index (χ3n) is 6.89. The van der Waals surface area contributed by atoms with Crippen molar-refractivity contribution in [3.63, 3.8) is 0 Å². The normalized spacial score (nSPS) is 17.0. The second-order valence-electron chi connectivity index (χ2n) is 10.5. The predicted molar refractivity (Wildman–Crippen MR) is 159 cm³/mol. The monoisotopic (exact) mass is 684 g/mol. The van der Waals surface area contributed by atoms with E-state index in [4.69, 9.17) is 0 Å². The zero-order chi connectivity index (χ0) is 29.2. The number of rotatable bonds is 12. The van der Waals surface area contributed by atoms with E-state index in [-0.39, 0.29) is 40.8 Å². The Kier molecular flexibility index (Phi) is 8.88. The topological polar surface area (TPSA) is 108 Å². The van der Waals surface area contributed by atoms with Crippen LogP contribution in [0.15, 0.2) is 59.4 Å². The molecule has 2 amide bonds. The molecule has 4 rings (SSSR count). The molecular formula is C28H31F2IN4O4S. The van der Waals surface area contributed by atoms with Crippen LogP contribution in [0.3, 0.4) is 0 Å². The highest BCUT2D eigenvalue weighted by Gasteiger charge is 2.50. The van der Waals surface area contributed by atoms with Crippen LogP contribution < -0.4 is 15.4 Å². The second-order valence-corrected chi connectivity index (χ2v) is 13.9. The number of sulfonamides is 1. The summed E-state index contributed by atoms with van der Waals surface area (Å²) < 4.78 is 57.5. The fourth-order valence-electron chi connectivity index (χ4n) is 3.95. The van der Waals surface area contributed by atoms with Crippen LogP contribution in [0.2, 0.25) is 0 Å². The predicted octanol–water partition coefficient (Wildman–Crippen LogP) is 5.04. The largest absolute Gasteiger partial charge is 0.349 e. The average molecular weight is 685 g/mol. The molecule has 8 nitrogen and oxygen atoms in total. The van der Waals surface area contributed by atoms with Gasteiger partial charge in [-0.05, 0) is 104 Å². The molecular weight excluding hydrogens is 653 g/mol. The average Bonchev–Trinajstić information content (AvgIpc) is 3.83. The smallest absolute Gasteiger partial charge is 0.255 e. The Balaban J connectivity index is 1.69. The lowest BCUT2D eigenvalue weighted by Crippen LogP contribution is -2.32. The summed E-state index contributed by atoms with van der Waals surface area (Å²) in [5, 5.41) is 5.76. The van der Waals surface area contributed by atoms with E-state index in [1.807, 2.05) is 22.6 Å². The van der Waals surface area contributed by atoms with Crippen LogP contribution in [0.4, 0.5) is 20.2 Å². The maximum absolute atomic E-state index is 15.4. The van der Waals surface area contributed by atoms with E-state index < -0.39 is 32.3 Å². The standard InChI is InChI=1S/C28H31F2IN4O4S/c1-17(13-18-5-4-6-24(25(18)30)34-40(38,39)28(2)11-12-28)14-21(27(37)32-20-8-9-20)26(35(3)16-36)33-23-10-7-19(31)15-22(23)29/h4-7,10,14-16,20,33-34H,8-9,11-13H2,1-3H3,(H,32,37)/b17-14+,26-21+. The summed E-state index contributed by atoms with van der Waals surface area (Å²) in [6, 6.07) is 8.98. The van der Waals surface area contributed by atoms with Gasteiger partial charge in [0, 0.05) is 16.7 Å². The van der Waals surface area contributed by atoms with E-state index in [0.29, 0.717) is 28.4 Å². The number of nitrogens with one attached hydrogen (secondary N) is 3. The molecule has 2 saturated carbocycles. The van der Waals surface area contributed by atoms with E-state index in [0.717, 1.165) is 17.7 Å². The molecule has 40 heavy (non-hydrogen) atoms. The van der Waals surface area contributed by atoms with Gasteiger partial charge in [-0.25, -0.2) is 17.2 Å². The van der Waals surface area contributed by atoms with Crippen molar-refractivity contribution in [2.45, 2.75) is 56.7 Å². The number of anilines is 2. The molecule has 214 valence electrons. The maximum atomic E-state index is 15.4. The van der Waals surface area contributed by atoms with E-state index >= 15 is 4.39 Å². The molecule has 0 saturated heterocycles. The number of allylic oxidation sites excluding steroid dienone is 1. The third-order valence-corrected chi connectivity index (χ3v) is 9.76. The van der Waals surface area contributed by atoms with Crippen molar-refractivity contribution in [3.8, 4) is 0 Å². The molecule has 0 unspecified atom stereocenters. The Morgan fingerprint density at radius 2 is 1.88 bits per heavy atom. The highest BCUT2D eigenvalue weighted by Crippen LogP contribution is 2.43. The van der Waals surface area contributed by atoms with Gasteiger partial charge >= 0.3 is 0 Å². The van der Waals surface area contributed by atoms with Crippen LogP contribution in [-0.4, -0.2) is 43.5 Å². The van der Waals surface area contributed by atoms with Gasteiger partial charge in [0.15, 0.2) is 5.82 Å². The van der Waals surface area contributed by atoms with E-state index in [1.54, 1.807) is 26.0 Å². The highest BCUT2D eigenvalue weighted by molar-refractivity contribution is 14.1. The first-order valence-corrected chi connectivity index (χ1v) is 15.3. The highest BCUT2D eigenvalue weighted by atomic mass is 127. The second kappa shape index (κ2) is 11.9. The number of halogens is 3. The van der Waals surface area contributed by atoms with E-state index in [2.05, 4.69) is 15.4 Å². The number of nitrogens with zero attached hydrogens (tertiary/aromatic N) is 1. The van der Waals surface area contributed by atoms with Crippen molar-refractivity contribution in [3.05, 3.63) is 80.2 Å². The van der Waals surface area contributed by atoms with Crippen molar-refractivity contribution >= 4 is 56.3 Å².